The van der Waals surface area contributed by atoms with Gasteiger partial charge in [0.05, 0.1) is 13.2 Å². The Bertz CT molecular complexity index is 259. The molecule has 0 aromatic carbocycles. The molecule has 0 radical (unpaired) electrons. The van der Waals surface area contributed by atoms with Crippen molar-refractivity contribution in [1.82, 2.24) is 10.2 Å². The Hall–Kier alpha value is -0.160. The minimum atomic E-state index is 0.278. The largest absolute Gasteiger partial charge is 0.381 e. The van der Waals surface area contributed by atoms with Crippen LogP contribution in [0.15, 0.2) is 0 Å². The number of rotatable bonds is 6. The van der Waals surface area contributed by atoms with Crippen molar-refractivity contribution >= 4 is 0 Å². The van der Waals surface area contributed by atoms with E-state index in [-0.39, 0.29) is 5.41 Å². The van der Waals surface area contributed by atoms with Crippen molar-refractivity contribution in [2.75, 3.05) is 46.6 Å². The van der Waals surface area contributed by atoms with E-state index in [1.54, 1.807) is 0 Å². The molecule has 2 aliphatic heterocycles. The molecule has 0 spiro atoms. The Morgan fingerprint density at radius 1 is 1.32 bits per heavy atom. The summed E-state index contributed by atoms with van der Waals surface area (Å²) in [4.78, 5) is 2.49. The fourth-order valence-electron chi connectivity index (χ4n) is 3.18. The number of hydrogen-bond acceptors (Lipinski definition) is 4. The molecule has 112 valence electrons. The zero-order valence-corrected chi connectivity index (χ0v) is 12.8. The van der Waals surface area contributed by atoms with Gasteiger partial charge in [0.15, 0.2) is 0 Å². The van der Waals surface area contributed by atoms with Crippen LogP contribution in [0, 0.1) is 5.41 Å². The van der Waals surface area contributed by atoms with Crippen molar-refractivity contribution in [3.05, 3.63) is 0 Å². The van der Waals surface area contributed by atoms with Gasteiger partial charge in [0.25, 0.3) is 0 Å². The van der Waals surface area contributed by atoms with Crippen LogP contribution in [-0.2, 0) is 9.47 Å². The molecule has 0 aromatic heterocycles. The molecule has 19 heavy (non-hydrogen) atoms. The van der Waals surface area contributed by atoms with Crippen LogP contribution in [0.2, 0.25) is 0 Å². The maximum absolute atomic E-state index is 5.78. The number of ether oxygens (including phenoxy) is 2. The van der Waals surface area contributed by atoms with Crippen LogP contribution < -0.4 is 5.32 Å². The number of nitrogens with zero attached hydrogens (tertiary/aromatic N) is 1. The first-order valence-corrected chi connectivity index (χ1v) is 7.70. The molecule has 0 aliphatic carbocycles. The highest BCUT2D eigenvalue weighted by atomic mass is 16.5. The summed E-state index contributed by atoms with van der Waals surface area (Å²) in [6.07, 6.45) is 3.63. The Morgan fingerprint density at radius 3 is 2.74 bits per heavy atom. The molecule has 0 aromatic rings. The highest BCUT2D eigenvalue weighted by Crippen LogP contribution is 2.30. The number of hydrogen-bond donors (Lipinski definition) is 1. The molecule has 1 N–H and O–H groups in total. The molecule has 2 rings (SSSR count). The molecule has 2 aliphatic rings. The smallest absolute Gasteiger partial charge is 0.0622 e. The van der Waals surface area contributed by atoms with E-state index >= 15 is 0 Å². The molecule has 4 nitrogen and oxygen atoms in total. The standard InChI is InChI=1S/C15H30N2O2/c1-13(2)16-10-15(6-4-7-19-12-15)11-17(3)14-5-8-18-9-14/h13-14,16H,4-12H2,1-3H3. The third-order valence-electron chi connectivity index (χ3n) is 4.40. The molecular weight excluding hydrogens is 240 g/mol. The van der Waals surface area contributed by atoms with Gasteiger partial charge in [-0.05, 0) is 26.3 Å². The third kappa shape index (κ3) is 4.42. The maximum Gasteiger partial charge on any atom is 0.0622 e. The zero-order chi connectivity index (χ0) is 13.7. The highest BCUT2D eigenvalue weighted by molar-refractivity contribution is 4.89. The lowest BCUT2D eigenvalue weighted by Gasteiger charge is -2.41. The summed E-state index contributed by atoms with van der Waals surface area (Å²) in [5, 5.41) is 3.61. The first-order valence-electron chi connectivity index (χ1n) is 7.70. The topological polar surface area (TPSA) is 33.7 Å². The van der Waals surface area contributed by atoms with Gasteiger partial charge in [-0.1, -0.05) is 13.8 Å². The highest BCUT2D eigenvalue weighted by Gasteiger charge is 2.36. The van der Waals surface area contributed by atoms with Crippen LogP contribution in [0.25, 0.3) is 0 Å². The average molecular weight is 270 g/mol. The van der Waals surface area contributed by atoms with Gasteiger partial charge in [0.1, 0.15) is 0 Å². The first kappa shape index (κ1) is 15.2. The Kier molecular flexibility index (Phi) is 5.63. The van der Waals surface area contributed by atoms with E-state index < -0.39 is 0 Å². The molecule has 0 amide bonds. The van der Waals surface area contributed by atoms with Crippen molar-refractivity contribution in [1.29, 1.82) is 0 Å². The van der Waals surface area contributed by atoms with E-state index in [2.05, 4.69) is 31.1 Å². The molecule has 0 bridgehead atoms. The Morgan fingerprint density at radius 2 is 2.16 bits per heavy atom. The first-order chi connectivity index (χ1) is 9.11. The molecular formula is C15H30N2O2. The van der Waals surface area contributed by atoms with E-state index in [0.29, 0.717) is 12.1 Å². The molecule has 2 atom stereocenters. The minimum absolute atomic E-state index is 0.278. The minimum Gasteiger partial charge on any atom is -0.381 e. The second-order valence-corrected chi connectivity index (χ2v) is 6.62. The fourth-order valence-corrected chi connectivity index (χ4v) is 3.18. The predicted octanol–water partition coefficient (Wildman–Crippen LogP) is 1.50. The van der Waals surface area contributed by atoms with Gasteiger partial charge >= 0.3 is 0 Å². The summed E-state index contributed by atoms with van der Waals surface area (Å²) >= 11 is 0. The Labute approximate surface area is 117 Å². The average Bonchev–Trinajstić information content (AvgIpc) is 2.92. The van der Waals surface area contributed by atoms with E-state index in [0.717, 1.165) is 39.5 Å². The molecule has 4 heteroatoms. The van der Waals surface area contributed by atoms with Crippen molar-refractivity contribution in [3.63, 3.8) is 0 Å². The molecule has 2 unspecified atom stereocenters. The third-order valence-corrected chi connectivity index (χ3v) is 4.40. The lowest BCUT2D eigenvalue weighted by molar-refractivity contribution is -0.0295. The van der Waals surface area contributed by atoms with E-state index in [9.17, 15) is 0 Å². The summed E-state index contributed by atoms with van der Waals surface area (Å²) in [5.74, 6) is 0. The number of nitrogens with one attached hydrogen (secondary N) is 1. The van der Waals surface area contributed by atoms with Crippen LogP contribution >= 0.6 is 0 Å². The van der Waals surface area contributed by atoms with Crippen LogP contribution in [-0.4, -0.2) is 63.5 Å². The van der Waals surface area contributed by atoms with Gasteiger partial charge < -0.3 is 19.7 Å². The van der Waals surface area contributed by atoms with Gasteiger partial charge in [-0.25, -0.2) is 0 Å². The molecule has 2 heterocycles. The van der Waals surface area contributed by atoms with E-state index in [1.807, 2.05) is 0 Å². The van der Waals surface area contributed by atoms with Crippen LogP contribution in [0.3, 0.4) is 0 Å². The lowest BCUT2D eigenvalue weighted by Crippen LogP contribution is -2.51. The summed E-state index contributed by atoms with van der Waals surface area (Å²) in [6.45, 7) is 10.2. The monoisotopic (exact) mass is 270 g/mol. The Balaban J connectivity index is 1.91. The molecule has 0 saturated carbocycles. The number of likely N-dealkylation sites (N-methyl/N-ethyl adjacent to an activating group) is 1. The lowest BCUT2D eigenvalue weighted by atomic mass is 9.81. The summed E-state index contributed by atoms with van der Waals surface area (Å²) in [7, 11) is 2.24. The van der Waals surface area contributed by atoms with Crippen molar-refractivity contribution in [3.8, 4) is 0 Å². The SMILES string of the molecule is CC(C)NCC1(CN(C)C2CCOC2)CCCOC1. The van der Waals surface area contributed by atoms with Crippen LogP contribution in [0.5, 0.6) is 0 Å². The maximum atomic E-state index is 5.78. The van der Waals surface area contributed by atoms with Gasteiger partial charge in [-0.2, -0.15) is 0 Å². The van der Waals surface area contributed by atoms with Gasteiger partial charge in [-0.3, -0.25) is 0 Å². The van der Waals surface area contributed by atoms with Gasteiger partial charge in [0, 0.05) is 43.8 Å². The molecule has 2 saturated heterocycles. The van der Waals surface area contributed by atoms with Crippen molar-refractivity contribution in [2.24, 2.45) is 5.41 Å². The second kappa shape index (κ2) is 7.02. The normalized spacial score (nSPS) is 32.4. The van der Waals surface area contributed by atoms with Gasteiger partial charge in [0.2, 0.25) is 0 Å². The molecule has 2 fully saturated rings. The quantitative estimate of drug-likeness (QED) is 0.793. The summed E-state index contributed by atoms with van der Waals surface area (Å²) in [6, 6.07) is 1.14. The van der Waals surface area contributed by atoms with Gasteiger partial charge in [-0.15, -0.1) is 0 Å². The van der Waals surface area contributed by atoms with E-state index in [4.69, 9.17) is 9.47 Å². The van der Waals surface area contributed by atoms with Crippen molar-refractivity contribution < 1.29 is 9.47 Å². The zero-order valence-electron chi connectivity index (χ0n) is 12.8. The van der Waals surface area contributed by atoms with Crippen LogP contribution in [0.1, 0.15) is 33.1 Å². The van der Waals surface area contributed by atoms with Crippen molar-refractivity contribution in [2.45, 2.75) is 45.2 Å². The van der Waals surface area contributed by atoms with E-state index in [1.165, 1.54) is 19.3 Å². The fraction of sp³-hybridized carbons (Fsp3) is 1.00. The predicted molar refractivity (Wildman–Crippen MR) is 77.5 cm³/mol. The summed E-state index contributed by atoms with van der Waals surface area (Å²) < 4.78 is 11.3. The summed E-state index contributed by atoms with van der Waals surface area (Å²) in [5.41, 5.74) is 0.278. The second-order valence-electron chi connectivity index (χ2n) is 6.62. The van der Waals surface area contributed by atoms with Crippen LogP contribution in [0.4, 0.5) is 0 Å².